The highest BCUT2D eigenvalue weighted by atomic mass is 32.1. The highest BCUT2D eigenvalue weighted by Gasteiger charge is 2.30. The minimum absolute atomic E-state index is 0.520. The van der Waals surface area contributed by atoms with Crippen molar-refractivity contribution in [3.63, 3.8) is 0 Å². The molecule has 0 fully saturated rings. The van der Waals surface area contributed by atoms with Gasteiger partial charge < -0.3 is 0 Å². The van der Waals surface area contributed by atoms with Crippen molar-refractivity contribution in [2.24, 2.45) is 5.92 Å². The maximum absolute atomic E-state index is 12.5. The van der Waals surface area contributed by atoms with Crippen LogP contribution in [0, 0.1) is 5.92 Å². The molecule has 1 nitrogen and oxygen atoms in total. The van der Waals surface area contributed by atoms with E-state index in [0.717, 1.165) is 34.0 Å². The largest absolute Gasteiger partial charge is 0.416 e. The fourth-order valence-corrected chi connectivity index (χ4v) is 2.85. The summed E-state index contributed by atoms with van der Waals surface area (Å²) in [5.74, 6) is 0.520. The predicted molar refractivity (Wildman–Crippen MR) is 71.1 cm³/mol. The second-order valence-electron chi connectivity index (χ2n) is 4.79. The number of alkyl halides is 3. The summed E-state index contributed by atoms with van der Waals surface area (Å²) in [6.45, 7) is 4.22. The molecule has 0 aliphatic rings. The Bertz CT molecular complexity index is 541. The quantitative estimate of drug-likeness (QED) is 0.771. The van der Waals surface area contributed by atoms with Crippen molar-refractivity contribution in [1.29, 1.82) is 0 Å². The van der Waals surface area contributed by atoms with Crippen LogP contribution in [0.15, 0.2) is 30.5 Å². The smallest absolute Gasteiger partial charge is 0.249 e. The predicted octanol–water partition coefficient (Wildman–Crippen LogP) is 5.03. The lowest BCUT2D eigenvalue weighted by atomic mass is 10.1. The molecule has 0 saturated carbocycles. The molecular formula is C14H14F3NS. The first-order chi connectivity index (χ1) is 8.86. The molecule has 0 aliphatic carbocycles. The van der Waals surface area contributed by atoms with Crippen molar-refractivity contribution in [1.82, 2.24) is 4.98 Å². The van der Waals surface area contributed by atoms with Gasteiger partial charge in [-0.05, 0) is 23.6 Å². The molecule has 0 aliphatic heterocycles. The van der Waals surface area contributed by atoms with E-state index in [2.05, 4.69) is 18.8 Å². The molecule has 0 bridgehead atoms. The van der Waals surface area contributed by atoms with Gasteiger partial charge in [0.1, 0.15) is 0 Å². The SMILES string of the molecule is CC(C)Cc1ncc(-c2ccc(C(F)(F)F)cc2)s1. The first kappa shape index (κ1) is 14.1. The Morgan fingerprint density at radius 2 is 1.79 bits per heavy atom. The maximum Gasteiger partial charge on any atom is 0.416 e. The van der Waals surface area contributed by atoms with E-state index in [-0.39, 0.29) is 0 Å². The van der Waals surface area contributed by atoms with Crippen molar-refractivity contribution in [3.8, 4) is 10.4 Å². The Morgan fingerprint density at radius 1 is 1.16 bits per heavy atom. The van der Waals surface area contributed by atoms with E-state index in [1.807, 2.05) is 0 Å². The van der Waals surface area contributed by atoms with Gasteiger partial charge in [-0.25, -0.2) is 4.98 Å². The molecule has 1 aromatic carbocycles. The third kappa shape index (κ3) is 3.56. The average Bonchev–Trinajstić information content (AvgIpc) is 2.75. The number of rotatable bonds is 3. The standard InChI is InChI=1S/C14H14F3NS/c1-9(2)7-13-18-8-12(19-13)10-3-5-11(6-4-10)14(15,16)17/h3-6,8-9H,7H2,1-2H3. The van der Waals surface area contributed by atoms with Gasteiger partial charge in [-0.2, -0.15) is 13.2 Å². The Hall–Kier alpha value is -1.36. The van der Waals surface area contributed by atoms with E-state index in [0.29, 0.717) is 5.92 Å². The van der Waals surface area contributed by atoms with Crippen LogP contribution in [-0.2, 0) is 12.6 Å². The van der Waals surface area contributed by atoms with Crippen LogP contribution in [-0.4, -0.2) is 4.98 Å². The lowest BCUT2D eigenvalue weighted by Crippen LogP contribution is -2.03. The van der Waals surface area contributed by atoms with Gasteiger partial charge in [0.25, 0.3) is 0 Å². The summed E-state index contributed by atoms with van der Waals surface area (Å²) in [5, 5.41) is 1.02. The molecule has 0 radical (unpaired) electrons. The van der Waals surface area contributed by atoms with Crippen LogP contribution in [0.2, 0.25) is 0 Å². The molecule has 0 unspecified atom stereocenters. The van der Waals surface area contributed by atoms with E-state index in [4.69, 9.17) is 0 Å². The molecule has 19 heavy (non-hydrogen) atoms. The highest BCUT2D eigenvalue weighted by Crippen LogP contribution is 2.32. The molecule has 1 heterocycles. The van der Waals surface area contributed by atoms with Gasteiger partial charge in [-0.1, -0.05) is 26.0 Å². The van der Waals surface area contributed by atoms with Gasteiger partial charge in [0.15, 0.2) is 0 Å². The number of halogens is 3. The Morgan fingerprint density at radius 3 is 2.32 bits per heavy atom. The number of hydrogen-bond donors (Lipinski definition) is 0. The molecule has 0 saturated heterocycles. The van der Waals surface area contributed by atoms with Gasteiger partial charge >= 0.3 is 6.18 Å². The first-order valence-electron chi connectivity index (χ1n) is 5.98. The van der Waals surface area contributed by atoms with E-state index in [1.165, 1.54) is 23.5 Å². The molecule has 1 aromatic heterocycles. The molecule has 2 rings (SSSR count). The molecule has 0 amide bonds. The zero-order valence-corrected chi connectivity index (χ0v) is 11.5. The minimum Gasteiger partial charge on any atom is -0.249 e. The van der Waals surface area contributed by atoms with Crippen molar-refractivity contribution in [3.05, 3.63) is 41.0 Å². The molecule has 0 spiro atoms. The number of benzene rings is 1. The number of nitrogens with zero attached hydrogens (tertiary/aromatic N) is 1. The van der Waals surface area contributed by atoms with Crippen molar-refractivity contribution in [2.45, 2.75) is 26.4 Å². The summed E-state index contributed by atoms with van der Waals surface area (Å²) >= 11 is 1.54. The highest BCUT2D eigenvalue weighted by molar-refractivity contribution is 7.15. The molecular weight excluding hydrogens is 271 g/mol. The van der Waals surface area contributed by atoms with Gasteiger partial charge in [-0.3, -0.25) is 0 Å². The molecule has 0 atom stereocenters. The number of hydrogen-bond acceptors (Lipinski definition) is 2. The van der Waals surface area contributed by atoms with Crippen LogP contribution >= 0.6 is 11.3 Å². The van der Waals surface area contributed by atoms with Gasteiger partial charge in [0.05, 0.1) is 15.4 Å². The second-order valence-corrected chi connectivity index (χ2v) is 5.91. The fraction of sp³-hybridized carbons (Fsp3) is 0.357. The summed E-state index contributed by atoms with van der Waals surface area (Å²) < 4.78 is 37.4. The van der Waals surface area contributed by atoms with Crippen LogP contribution in [0.5, 0.6) is 0 Å². The van der Waals surface area contributed by atoms with Crippen LogP contribution in [0.1, 0.15) is 24.4 Å². The monoisotopic (exact) mass is 285 g/mol. The molecule has 2 aromatic rings. The van der Waals surface area contributed by atoms with Gasteiger partial charge in [0.2, 0.25) is 0 Å². The summed E-state index contributed by atoms with van der Waals surface area (Å²) in [6, 6.07) is 5.21. The second kappa shape index (κ2) is 5.33. The van der Waals surface area contributed by atoms with Crippen LogP contribution < -0.4 is 0 Å². The van der Waals surface area contributed by atoms with E-state index >= 15 is 0 Å². The number of thiazole rings is 1. The topological polar surface area (TPSA) is 12.9 Å². The third-order valence-electron chi connectivity index (χ3n) is 2.63. The minimum atomic E-state index is -4.28. The van der Waals surface area contributed by atoms with E-state index < -0.39 is 11.7 Å². The fourth-order valence-electron chi connectivity index (χ4n) is 1.71. The molecule has 0 N–H and O–H groups in total. The van der Waals surface area contributed by atoms with Crippen LogP contribution in [0.4, 0.5) is 13.2 Å². The first-order valence-corrected chi connectivity index (χ1v) is 6.80. The summed E-state index contributed by atoms with van der Waals surface area (Å²) in [5.41, 5.74) is 0.156. The third-order valence-corrected chi connectivity index (χ3v) is 3.70. The average molecular weight is 285 g/mol. The van der Waals surface area contributed by atoms with Crippen LogP contribution in [0.3, 0.4) is 0 Å². The zero-order chi connectivity index (χ0) is 14.0. The lowest BCUT2D eigenvalue weighted by molar-refractivity contribution is -0.137. The number of aromatic nitrogens is 1. The summed E-state index contributed by atoms with van der Waals surface area (Å²) in [6.07, 6.45) is -1.66. The zero-order valence-electron chi connectivity index (χ0n) is 10.7. The Balaban J connectivity index is 2.20. The van der Waals surface area contributed by atoms with Crippen molar-refractivity contribution in [2.75, 3.05) is 0 Å². The summed E-state index contributed by atoms with van der Waals surface area (Å²) in [4.78, 5) is 5.21. The van der Waals surface area contributed by atoms with Crippen molar-refractivity contribution >= 4 is 11.3 Å². The van der Waals surface area contributed by atoms with E-state index in [9.17, 15) is 13.2 Å². The van der Waals surface area contributed by atoms with Crippen LogP contribution in [0.25, 0.3) is 10.4 Å². The van der Waals surface area contributed by atoms with E-state index in [1.54, 1.807) is 6.20 Å². The lowest BCUT2D eigenvalue weighted by Gasteiger charge is -2.06. The summed E-state index contributed by atoms with van der Waals surface area (Å²) in [7, 11) is 0. The normalized spacial score (nSPS) is 12.1. The Kier molecular flexibility index (Phi) is 3.94. The molecule has 102 valence electrons. The maximum atomic E-state index is 12.5. The Labute approximate surface area is 114 Å². The van der Waals surface area contributed by atoms with Gasteiger partial charge in [-0.15, -0.1) is 11.3 Å². The van der Waals surface area contributed by atoms with Crippen molar-refractivity contribution < 1.29 is 13.2 Å². The van der Waals surface area contributed by atoms with Gasteiger partial charge in [0, 0.05) is 12.6 Å². The molecule has 5 heteroatoms.